The van der Waals surface area contributed by atoms with Gasteiger partial charge in [-0.25, -0.2) is 4.57 Å². The fourth-order valence-electron chi connectivity index (χ4n) is 1.25. The summed E-state index contributed by atoms with van der Waals surface area (Å²) >= 11 is 0. The van der Waals surface area contributed by atoms with Gasteiger partial charge in [0.1, 0.15) is 11.5 Å². The molecule has 0 fully saturated rings. The Morgan fingerprint density at radius 2 is 1.11 bits per heavy atom. The fraction of sp³-hybridized carbons (Fsp3) is 0. The standard InChI is InChI=1S/C12H11O4P.Li.H/c13-17(14,15-11-7-3-1-4-8-11)16-12-9-5-2-6-10-12;;/h1-10H,(H,13,14);;. The van der Waals surface area contributed by atoms with Gasteiger partial charge in [-0.2, -0.15) is 0 Å². The molecule has 18 heavy (non-hydrogen) atoms. The van der Waals surface area contributed by atoms with Crippen LogP contribution < -0.4 is 9.05 Å². The second-order valence-electron chi connectivity index (χ2n) is 3.28. The Balaban J connectivity index is 0.00000162. The molecule has 0 aliphatic carbocycles. The van der Waals surface area contributed by atoms with E-state index < -0.39 is 7.82 Å². The van der Waals surface area contributed by atoms with Crippen molar-refractivity contribution in [1.82, 2.24) is 0 Å². The molecule has 0 atom stereocenters. The first-order chi connectivity index (χ1) is 8.16. The van der Waals surface area contributed by atoms with E-state index in [0.29, 0.717) is 0 Å². The number of hydrogen-bond acceptors (Lipinski definition) is 3. The van der Waals surface area contributed by atoms with Crippen molar-refractivity contribution < 1.29 is 18.5 Å². The third kappa shape index (κ3) is 4.60. The van der Waals surface area contributed by atoms with Crippen LogP contribution >= 0.6 is 7.82 Å². The van der Waals surface area contributed by atoms with Gasteiger partial charge < -0.3 is 9.05 Å². The summed E-state index contributed by atoms with van der Waals surface area (Å²) in [6.07, 6.45) is 0. The summed E-state index contributed by atoms with van der Waals surface area (Å²) in [6, 6.07) is 16.7. The first kappa shape index (κ1) is 14.9. The molecule has 0 unspecified atom stereocenters. The normalized spacial score (nSPS) is 10.3. The van der Waals surface area contributed by atoms with Crippen LogP contribution in [0.3, 0.4) is 0 Å². The molecule has 0 aliphatic rings. The summed E-state index contributed by atoms with van der Waals surface area (Å²) in [6.45, 7) is 0. The van der Waals surface area contributed by atoms with Crippen LogP contribution in [0.15, 0.2) is 60.7 Å². The Morgan fingerprint density at radius 1 is 0.778 bits per heavy atom. The molecule has 0 aromatic heterocycles. The molecule has 0 bridgehead atoms. The Kier molecular flexibility index (Phi) is 5.52. The van der Waals surface area contributed by atoms with Crippen molar-refractivity contribution in [2.45, 2.75) is 0 Å². The first-order valence-electron chi connectivity index (χ1n) is 4.98. The van der Waals surface area contributed by atoms with E-state index in [1.165, 1.54) is 0 Å². The maximum atomic E-state index is 11.7. The molecule has 4 nitrogen and oxygen atoms in total. The monoisotopic (exact) mass is 258 g/mol. The van der Waals surface area contributed by atoms with Gasteiger partial charge >= 0.3 is 26.7 Å². The molecule has 2 rings (SSSR count). The zero-order valence-electron chi connectivity index (χ0n) is 8.89. The topological polar surface area (TPSA) is 55.8 Å². The first-order valence-corrected chi connectivity index (χ1v) is 6.47. The molecule has 2 aromatic carbocycles. The van der Waals surface area contributed by atoms with Crippen molar-refractivity contribution in [3.8, 4) is 11.5 Å². The Hall–Kier alpha value is -1.17. The molecular weight excluding hydrogens is 246 g/mol. The summed E-state index contributed by atoms with van der Waals surface area (Å²) in [5.74, 6) is 0.573. The van der Waals surface area contributed by atoms with E-state index in [-0.39, 0.29) is 30.4 Å². The summed E-state index contributed by atoms with van der Waals surface area (Å²) in [5.41, 5.74) is 0. The van der Waals surface area contributed by atoms with E-state index in [1.54, 1.807) is 60.7 Å². The van der Waals surface area contributed by atoms with Crippen LogP contribution in [-0.4, -0.2) is 23.8 Å². The zero-order valence-corrected chi connectivity index (χ0v) is 9.79. The van der Waals surface area contributed by atoms with E-state index >= 15 is 0 Å². The number of hydrogen-bond donors (Lipinski definition) is 1. The molecule has 2 aromatic rings. The van der Waals surface area contributed by atoms with E-state index in [0.717, 1.165) is 0 Å². The number of benzene rings is 2. The molecule has 0 aliphatic heterocycles. The zero-order chi connectivity index (χ0) is 12.1. The van der Waals surface area contributed by atoms with Crippen LogP contribution in [0.5, 0.6) is 11.5 Å². The maximum absolute atomic E-state index is 11.7. The van der Waals surface area contributed by atoms with Crippen molar-refractivity contribution >= 4 is 26.7 Å². The summed E-state index contributed by atoms with van der Waals surface area (Å²) in [7, 11) is -4.14. The molecule has 0 amide bonds. The van der Waals surface area contributed by atoms with Gasteiger partial charge in [0.25, 0.3) is 0 Å². The van der Waals surface area contributed by atoms with Crippen LogP contribution in [0.2, 0.25) is 0 Å². The van der Waals surface area contributed by atoms with E-state index in [4.69, 9.17) is 9.05 Å². The van der Waals surface area contributed by atoms with Gasteiger partial charge in [-0.05, 0) is 24.3 Å². The second kappa shape index (κ2) is 6.68. The third-order valence-electron chi connectivity index (χ3n) is 1.93. The molecule has 0 radical (unpaired) electrons. The van der Waals surface area contributed by atoms with Gasteiger partial charge in [0.15, 0.2) is 0 Å². The van der Waals surface area contributed by atoms with Crippen molar-refractivity contribution in [2.75, 3.05) is 0 Å². The van der Waals surface area contributed by atoms with Crippen LogP contribution in [0, 0.1) is 0 Å². The van der Waals surface area contributed by atoms with Crippen LogP contribution in [0.4, 0.5) is 0 Å². The van der Waals surface area contributed by atoms with E-state index in [1.807, 2.05) is 0 Å². The predicted molar refractivity (Wildman–Crippen MR) is 71.1 cm³/mol. The Bertz CT molecular complexity index is 473. The van der Waals surface area contributed by atoms with Gasteiger partial charge in [-0.1, -0.05) is 36.4 Å². The van der Waals surface area contributed by atoms with Crippen molar-refractivity contribution in [3.63, 3.8) is 0 Å². The molecule has 1 N–H and O–H groups in total. The number of phosphoric ester groups is 1. The van der Waals surface area contributed by atoms with Crippen LogP contribution in [0.1, 0.15) is 0 Å². The molecule has 0 saturated heterocycles. The Morgan fingerprint density at radius 3 is 1.44 bits per heavy atom. The minimum absolute atomic E-state index is 0. The third-order valence-corrected chi connectivity index (χ3v) is 2.81. The molecular formula is C12H12LiO4P. The Labute approximate surface area is 117 Å². The SMILES string of the molecule is O=P(O)(Oc1ccccc1)Oc1ccccc1.[LiH]. The average Bonchev–Trinajstić information content (AvgIpc) is 2.30. The second-order valence-corrected chi connectivity index (χ2v) is 4.58. The van der Waals surface area contributed by atoms with Gasteiger partial charge in [-0.3, -0.25) is 4.89 Å². The van der Waals surface area contributed by atoms with Gasteiger partial charge in [0.2, 0.25) is 0 Å². The number of para-hydroxylation sites is 2. The molecule has 90 valence electrons. The number of rotatable bonds is 4. The minimum atomic E-state index is -4.14. The summed E-state index contributed by atoms with van der Waals surface area (Å²) < 4.78 is 21.5. The molecule has 0 heterocycles. The fourth-order valence-corrected chi connectivity index (χ4v) is 2.06. The van der Waals surface area contributed by atoms with Gasteiger partial charge in [-0.15, -0.1) is 0 Å². The average molecular weight is 258 g/mol. The van der Waals surface area contributed by atoms with Gasteiger partial charge in [0.05, 0.1) is 0 Å². The molecule has 0 saturated carbocycles. The van der Waals surface area contributed by atoms with Crippen molar-refractivity contribution in [3.05, 3.63) is 60.7 Å². The number of phosphoric acid groups is 1. The molecule has 6 heteroatoms. The van der Waals surface area contributed by atoms with Crippen molar-refractivity contribution in [1.29, 1.82) is 0 Å². The van der Waals surface area contributed by atoms with Crippen molar-refractivity contribution in [2.24, 2.45) is 0 Å². The van der Waals surface area contributed by atoms with Crippen LogP contribution in [-0.2, 0) is 4.57 Å². The predicted octanol–water partition coefficient (Wildman–Crippen LogP) is 2.60. The summed E-state index contributed by atoms with van der Waals surface area (Å²) in [5, 5.41) is 0. The van der Waals surface area contributed by atoms with E-state index in [9.17, 15) is 9.46 Å². The van der Waals surface area contributed by atoms with Crippen LogP contribution in [0.25, 0.3) is 0 Å². The quantitative estimate of drug-likeness (QED) is 0.676. The summed E-state index contributed by atoms with van der Waals surface area (Å²) in [4.78, 5) is 9.53. The molecule has 0 spiro atoms. The van der Waals surface area contributed by atoms with Gasteiger partial charge in [0, 0.05) is 0 Å². The van der Waals surface area contributed by atoms with E-state index in [2.05, 4.69) is 0 Å².